The van der Waals surface area contributed by atoms with Crippen molar-refractivity contribution in [1.82, 2.24) is 4.90 Å². The van der Waals surface area contributed by atoms with Crippen LogP contribution in [0, 0.1) is 32.5 Å². The van der Waals surface area contributed by atoms with E-state index in [4.69, 9.17) is 14.2 Å². The summed E-state index contributed by atoms with van der Waals surface area (Å²) in [6.07, 6.45) is 7.76. The second-order valence-electron chi connectivity index (χ2n) is 20.8. The average molecular weight is 640 g/mol. The van der Waals surface area contributed by atoms with Crippen LogP contribution in [0.2, 0.25) is 0 Å². The van der Waals surface area contributed by atoms with Gasteiger partial charge in [0, 0.05) is 6.54 Å². The van der Waals surface area contributed by atoms with Crippen LogP contribution in [0.1, 0.15) is 176 Å². The third kappa shape index (κ3) is 21.4. The van der Waals surface area contributed by atoms with Crippen LogP contribution in [0.4, 0.5) is 0 Å². The standard InChI is InChI=1S/C41H85NO3/c1-20-34(4,5)27-40(16,17)45-41(18,19)28-39(14,15)29-42(25-23-37(10,11)32-43-30-35(6,7)21-2)26-24-38(12,13)33-44-31-36(8,9)22-3/h20-33H2,1-19H3. The summed E-state index contributed by atoms with van der Waals surface area (Å²) < 4.78 is 19.5. The quantitative estimate of drug-likeness (QED) is 0.0994. The Morgan fingerprint density at radius 2 is 0.711 bits per heavy atom. The normalized spacial score (nSPS) is 14.9. The summed E-state index contributed by atoms with van der Waals surface area (Å²) in [6.45, 7) is 50.8. The lowest BCUT2D eigenvalue weighted by Gasteiger charge is -2.44. The molecule has 0 aromatic rings. The minimum Gasteiger partial charge on any atom is -0.380 e. The average Bonchev–Trinajstić information content (AvgIpc) is 2.83. The third-order valence-corrected chi connectivity index (χ3v) is 10.1. The van der Waals surface area contributed by atoms with Crippen molar-refractivity contribution < 1.29 is 14.2 Å². The number of rotatable bonds is 25. The summed E-state index contributed by atoms with van der Waals surface area (Å²) in [5.41, 5.74) is 0.759. The predicted octanol–water partition coefficient (Wildman–Crippen LogP) is 11.8. The topological polar surface area (TPSA) is 30.9 Å². The Morgan fingerprint density at radius 1 is 0.400 bits per heavy atom. The monoisotopic (exact) mass is 640 g/mol. The van der Waals surface area contributed by atoms with Crippen LogP contribution in [0.15, 0.2) is 0 Å². The van der Waals surface area contributed by atoms with Crippen molar-refractivity contribution in [2.75, 3.05) is 46.1 Å². The molecule has 0 saturated heterocycles. The molecule has 0 rings (SSSR count). The summed E-state index contributed by atoms with van der Waals surface area (Å²) in [5.74, 6) is 0. The molecule has 0 radical (unpaired) electrons. The molecule has 0 fully saturated rings. The van der Waals surface area contributed by atoms with Crippen molar-refractivity contribution in [3.05, 3.63) is 0 Å². The number of ether oxygens (including phenoxy) is 3. The van der Waals surface area contributed by atoms with Crippen molar-refractivity contribution >= 4 is 0 Å². The lowest BCUT2D eigenvalue weighted by atomic mass is 9.78. The van der Waals surface area contributed by atoms with Gasteiger partial charge >= 0.3 is 0 Å². The van der Waals surface area contributed by atoms with Gasteiger partial charge < -0.3 is 19.1 Å². The van der Waals surface area contributed by atoms with E-state index in [-0.39, 0.29) is 43.7 Å². The molecule has 0 spiro atoms. The van der Waals surface area contributed by atoms with Gasteiger partial charge in [-0.3, -0.25) is 0 Å². The van der Waals surface area contributed by atoms with Gasteiger partial charge in [-0.15, -0.1) is 0 Å². The summed E-state index contributed by atoms with van der Waals surface area (Å²) >= 11 is 0. The first-order chi connectivity index (χ1) is 20.0. The van der Waals surface area contributed by atoms with Crippen molar-refractivity contribution in [3.63, 3.8) is 0 Å². The van der Waals surface area contributed by atoms with Crippen LogP contribution in [-0.2, 0) is 14.2 Å². The lowest BCUT2D eigenvalue weighted by Crippen LogP contribution is -2.45. The largest absolute Gasteiger partial charge is 0.380 e. The summed E-state index contributed by atoms with van der Waals surface area (Å²) in [5, 5.41) is 0. The highest BCUT2D eigenvalue weighted by Crippen LogP contribution is 2.39. The highest BCUT2D eigenvalue weighted by Gasteiger charge is 2.38. The van der Waals surface area contributed by atoms with Crippen molar-refractivity contribution in [2.24, 2.45) is 32.5 Å². The molecule has 0 aliphatic rings. The molecule has 0 amide bonds. The van der Waals surface area contributed by atoms with Gasteiger partial charge in [0.2, 0.25) is 0 Å². The molecule has 0 aromatic carbocycles. The SMILES string of the molecule is CCC(C)(C)COCC(C)(C)CCN(CCC(C)(C)COCC(C)(C)CC)CC(C)(C)CC(C)(C)OC(C)(C)CC(C)(C)CC. The van der Waals surface area contributed by atoms with Crippen LogP contribution in [0.5, 0.6) is 0 Å². The van der Waals surface area contributed by atoms with Gasteiger partial charge in [0.25, 0.3) is 0 Å². The zero-order valence-corrected chi connectivity index (χ0v) is 34.6. The van der Waals surface area contributed by atoms with E-state index in [1.807, 2.05) is 0 Å². The fourth-order valence-corrected chi connectivity index (χ4v) is 6.66. The fourth-order valence-electron chi connectivity index (χ4n) is 6.66. The van der Waals surface area contributed by atoms with Crippen LogP contribution < -0.4 is 0 Å². The summed E-state index contributed by atoms with van der Waals surface area (Å²) in [4.78, 5) is 2.73. The second-order valence-corrected chi connectivity index (χ2v) is 20.8. The van der Waals surface area contributed by atoms with E-state index >= 15 is 0 Å². The smallest absolute Gasteiger partial charge is 0.0639 e. The molecule has 0 aromatic heterocycles. The molecule has 0 aliphatic heterocycles. The Balaban J connectivity index is 5.65. The number of hydrogen-bond donors (Lipinski definition) is 0. The minimum atomic E-state index is -0.207. The fraction of sp³-hybridized carbons (Fsp3) is 1.00. The Kier molecular flexibility index (Phi) is 17.4. The first-order valence-corrected chi connectivity index (χ1v) is 18.6. The molecule has 0 unspecified atom stereocenters. The van der Waals surface area contributed by atoms with Gasteiger partial charge in [-0.05, 0) is 112 Å². The first kappa shape index (κ1) is 44.8. The van der Waals surface area contributed by atoms with E-state index in [1.165, 1.54) is 0 Å². The van der Waals surface area contributed by atoms with E-state index in [9.17, 15) is 0 Å². The van der Waals surface area contributed by atoms with Crippen molar-refractivity contribution in [3.8, 4) is 0 Å². The van der Waals surface area contributed by atoms with Crippen LogP contribution >= 0.6 is 0 Å². The van der Waals surface area contributed by atoms with Crippen LogP contribution in [0.25, 0.3) is 0 Å². The van der Waals surface area contributed by atoms with Gasteiger partial charge in [-0.2, -0.15) is 0 Å². The first-order valence-electron chi connectivity index (χ1n) is 18.6. The van der Waals surface area contributed by atoms with E-state index in [0.717, 1.165) is 91.0 Å². The Hall–Kier alpha value is -0.160. The third-order valence-electron chi connectivity index (χ3n) is 10.1. The van der Waals surface area contributed by atoms with Gasteiger partial charge in [0.15, 0.2) is 0 Å². The Morgan fingerprint density at radius 3 is 1.04 bits per heavy atom. The molecule has 0 heterocycles. The van der Waals surface area contributed by atoms with E-state index in [0.29, 0.717) is 0 Å². The predicted molar refractivity (Wildman–Crippen MR) is 199 cm³/mol. The summed E-state index contributed by atoms with van der Waals surface area (Å²) in [7, 11) is 0. The molecular formula is C41H85NO3. The number of nitrogens with zero attached hydrogens (tertiary/aromatic N) is 1. The van der Waals surface area contributed by atoms with E-state index < -0.39 is 0 Å². The maximum atomic E-state index is 6.92. The van der Waals surface area contributed by atoms with Crippen LogP contribution in [0.3, 0.4) is 0 Å². The molecule has 4 nitrogen and oxygen atoms in total. The van der Waals surface area contributed by atoms with Crippen molar-refractivity contribution in [2.45, 2.75) is 188 Å². The highest BCUT2D eigenvalue weighted by atomic mass is 16.5. The van der Waals surface area contributed by atoms with Gasteiger partial charge in [0.05, 0.1) is 37.6 Å². The molecule has 0 aliphatic carbocycles. The minimum absolute atomic E-state index is 0.109. The zero-order chi connectivity index (χ0) is 35.6. The Bertz CT molecular complexity index is 781. The Labute approximate surface area is 284 Å². The molecule has 0 bridgehead atoms. The molecule has 0 saturated carbocycles. The maximum Gasteiger partial charge on any atom is 0.0639 e. The summed E-state index contributed by atoms with van der Waals surface area (Å²) in [6, 6.07) is 0. The molecule has 272 valence electrons. The molecule has 45 heavy (non-hydrogen) atoms. The highest BCUT2D eigenvalue weighted by molar-refractivity contribution is 4.88. The zero-order valence-electron chi connectivity index (χ0n) is 34.6. The lowest BCUT2D eigenvalue weighted by molar-refractivity contribution is -0.152. The van der Waals surface area contributed by atoms with Gasteiger partial charge in [0.1, 0.15) is 0 Å². The van der Waals surface area contributed by atoms with E-state index in [2.05, 4.69) is 136 Å². The molecule has 0 N–H and O–H groups in total. The van der Waals surface area contributed by atoms with Gasteiger partial charge in [-0.1, -0.05) is 110 Å². The number of hydrogen-bond acceptors (Lipinski definition) is 4. The van der Waals surface area contributed by atoms with E-state index in [1.54, 1.807) is 0 Å². The van der Waals surface area contributed by atoms with Crippen molar-refractivity contribution in [1.29, 1.82) is 0 Å². The molecule has 0 atom stereocenters. The molecular weight excluding hydrogens is 554 g/mol. The maximum absolute atomic E-state index is 6.92. The second kappa shape index (κ2) is 17.5. The van der Waals surface area contributed by atoms with Gasteiger partial charge in [-0.25, -0.2) is 0 Å². The molecule has 4 heteroatoms. The van der Waals surface area contributed by atoms with Crippen LogP contribution in [-0.4, -0.2) is 62.2 Å².